The van der Waals surface area contributed by atoms with Crippen LogP contribution in [0.2, 0.25) is 0 Å². The Bertz CT molecular complexity index is 307. The lowest BCUT2D eigenvalue weighted by Crippen LogP contribution is -2.39. The zero-order valence-corrected chi connectivity index (χ0v) is 14.0. The van der Waals surface area contributed by atoms with E-state index in [0.717, 1.165) is 0 Å². The summed E-state index contributed by atoms with van der Waals surface area (Å²) in [6.07, 6.45) is 3.00. The Morgan fingerprint density at radius 1 is 1.00 bits per heavy atom. The van der Waals surface area contributed by atoms with Crippen LogP contribution in [0, 0.1) is 0 Å². The molecule has 0 aromatic carbocycles. The molecule has 0 aromatic rings. The van der Waals surface area contributed by atoms with Crippen LogP contribution in [0.1, 0.15) is 27.7 Å². The summed E-state index contributed by atoms with van der Waals surface area (Å²) in [7, 11) is -3.54. The molecule has 118 valence electrons. The molecule has 0 saturated heterocycles. The second kappa shape index (κ2) is 10.3. The Balaban J connectivity index is 4.40. The van der Waals surface area contributed by atoms with E-state index in [0.29, 0.717) is 18.6 Å². The largest absolute Gasteiger partial charge is 0.475 e. The highest BCUT2D eigenvalue weighted by Crippen LogP contribution is 2.49. The van der Waals surface area contributed by atoms with Crippen molar-refractivity contribution in [2.45, 2.75) is 39.8 Å². The van der Waals surface area contributed by atoms with E-state index in [1.54, 1.807) is 0 Å². The van der Waals surface area contributed by atoms with Gasteiger partial charge in [-0.25, -0.2) is 4.57 Å². The molecule has 0 saturated carbocycles. The zero-order chi connectivity index (χ0) is 15.6. The molecule has 20 heavy (non-hydrogen) atoms. The van der Waals surface area contributed by atoms with Gasteiger partial charge >= 0.3 is 7.82 Å². The average Bonchev–Trinajstić information content (AvgIpc) is 2.38. The highest BCUT2D eigenvalue weighted by molar-refractivity contribution is 7.48. The van der Waals surface area contributed by atoms with Gasteiger partial charge in [0.05, 0.1) is 19.8 Å². The first-order chi connectivity index (χ1) is 9.36. The Morgan fingerprint density at radius 3 is 1.80 bits per heavy atom. The fourth-order valence-corrected chi connectivity index (χ4v) is 2.88. The maximum Gasteiger partial charge on any atom is 0.475 e. The monoisotopic (exact) mass is 305 g/mol. The molecule has 0 spiro atoms. The van der Waals surface area contributed by atoms with E-state index in [2.05, 4.69) is 45.8 Å². The van der Waals surface area contributed by atoms with Gasteiger partial charge in [-0.15, -0.1) is 13.2 Å². The molecule has 0 N–H and O–H groups in total. The number of hydrogen-bond acceptors (Lipinski definition) is 5. The molecule has 0 aliphatic carbocycles. The highest BCUT2D eigenvalue weighted by atomic mass is 31.2. The van der Waals surface area contributed by atoms with Crippen molar-refractivity contribution >= 4 is 7.82 Å². The number of rotatable bonds is 12. The molecule has 0 fully saturated rings. The van der Waals surface area contributed by atoms with Gasteiger partial charge < -0.3 is 0 Å². The molecular formula is C14H28NO4P. The minimum absolute atomic E-state index is 0.118. The summed E-state index contributed by atoms with van der Waals surface area (Å²) < 4.78 is 27.8. The maximum atomic E-state index is 12.3. The van der Waals surface area contributed by atoms with Crippen molar-refractivity contribution in [2.24, 2.45) is 0 Å². The van der Waals surface area contributed by atoms with Gasteiger partial charge in [0, 0.05) is 18.6 Å². The van der Waals surface area contributed by atoms with Gasteiger partial charge in [-0.3, -0.25) is 18.5 Å². The van der Waals surface area contributed by atoms with Crippen molar-refractivity contribution in [1.29, 1.82) is 0 Å². The van der Waals surface area contributed by atoms with Gasteiger partial charge in [0.1, 0.15) is 0 Å². The molecule has 0 aromatic heterocycles. The third-order valence-corrected chi connectivity index (χ3v) is 4.06. The van der Waals surface area contributed by atoms with Crippen LogP contribution in [-0.4, -0.2) is 43.3 Å². The van der Waals surface area contributed by atoms with Gasteiger partial charge in [-0.2, -0.15) is 0 Å². The summed E-state index contributed by atoms with van der Waals surface area (Å²) in [4.78, 5) is 2.24. The molecule has 0 rings (SSSR count). The predicted molar refractivity (Wildman–Crippen MR) is 82.8 cm³/mol. The van der Waals surface area contributed by atoms with E-state index >= 15 is 0 Å². The van der Waals surface area contributed by atoms with E-state index in [-0.39, 0.29) is 19.8 Å². The van der Waals surface area contributed by atoms with E-state index in [9.17, 15) is 4.57 Å². The third-order valence-electron chi connectivity index (χ3n) is 2.63. The second-order valence-electron chi connectivity index (χ2n) is 4.87. The molecule has 0 amide bonds. The lowest BCUT2D eigenvalue weighted by Gasteiger charge is -2.30. The van der Waals surface area contributed by atoms with E-state index in [1.165, 1.54) is 12.2 Å². The van der Waals surface area contributed by atoms with Crippen molar-refractivity contribution in [3.8, 4) is 0 Å². The summed E-state index contributed by atoms with van der Waals surface area (Å²) in [5.41, 5.74) is 0. The fourth-order valence-electron chi connectivity index (χ4n) is 1.77. The lowest BCUT2D eigenvalue weighted by molar-refractivity contribution is 0.0972. The van der Waals surface area contributed by atoms with E-state index < -0.39 is 7.82 Å². The molecule has 0 atom stereocenters. The van der Waals surface area contributed by atoms with Crippen molar-refractivity contribution in [2.75, 3.05) is 26.4 Å². The van der Waals surface area contributed by atoms with Crippen LogP contribution < -0.4 is 0 Å². The van der Waals surface area contributed by atoms with E-state index in [4.69, 9.17) is 13.6 Å². The molecule has 6 heteroatoms. The van der Waals surface area contributed by atoms with Crippen molar-refractivity contribution < 1.29 is 18.1 Å². The average molecular weight is 305 g/mol. The van der Waals surface area contributed by atoms with Gasteiger partial charge in [-0.1, -0.05) is 12.2 Å². The predicted octanol–water partition coefficient (Wildman–Crippen LogP) is 3.64. The summed E-state index contributed by atoms with van der Waals surface area (Å²) >= 11 is 0. The first kappa shape index (κ1) is 19.6. The Labute approximate surface area is 123 Å². The van der Waals surface area contributed by atoms with Crippen molar-refractivity contribution in [3.05, 3.63) is 25.3 Å². The SMILES string of the molecule is C=CCOP(=O)(OCC=C)OCCN(C(C)C)C(C)C. The summed E-state index contributed by atoms with van der Waals surface area (Å²) in [6, 6.07) is 0.780. The summed E-state index contributed by atoms with van der Waals surface area (Å²) in [6.45, 7) is 16.7. The Morgan fingerprint density at radius 2 is 1.45 bits per heavy atom. The van der Waals surface area contributed by atoms with Crippen LogP contribution in [0.15, 0.2) is 25.3 Å². The molecular weight excluding hydrogens is 277 g/mol. The topological polar surface area (TPSA) is 48.0 Å². The zero-order valence-electron chi connectivity index (χ0n) is 13.1. The minimum Gasteiger partial charge on any atom is -0.296 e. The molecule has 0 radical (unpaired) electrons. The fraction of sp³-hybridized carbons (Fsp3) is 0.714. The summed E-state index contributed by atoms with van der Waals surface area (Å²) in [5.74, 6) is 0. The smallest absolute Gasteiger partial charge is 0.296 e. The molecule has 0 heterocycles. The second-order valence-corrected chi connectivity index (χ2v) is 6.54. The van der Waals surface area contributed by atoms with Crippen LogP contribution in [0.25, 0.3) is 0 Å². The van der Waals surface area contributed by atoms with E-state index in [1.807, 2.05) is 0 Å². The van der Waals surface area contributed by atoms with Crippen LogP contribution in [0.4, 0.5) is 0 Å². The van der Waals surface area contributed by atoms with Crippen LogP contribution in [0.5, 0.6) is 0 Å². The quantitative estimate of drug-likeness (QED) is 0.407. The maximum absolute atomic E-state index is 12.3. The standard InChI is InChI=1S/C14H28NO4P/c1-7-10-17-20(16,18-11-8-2)19-12-9-15(13(3)4)14(5)6/h7-8,13-14H,1-2,9-12H2,3-6H3. The number of phosphoric acid groups is 1. The van der Waals surface area contributed by atoms with Crippen molar-refractivity contribution in [1.82, 2.24) is 4.90 Å². The number of phosphoric ester groups is 1. The first-order valence-electron chi connectivity index (χ1n) is 6.87. The van der Waals surface area contributed by atoms with Crippen LogP contribution in [-0.2, 0) is 18.1 Å². The highest BCUT2D eigenvalue weighted by Gasteiger charge is 2.26. The molecule has 0 unspecified atom stereocenters. The summed E-state index contributed by atoms with van der Waals surface area (Å²) in [5, 5.41) is 0. The third kappa shape index (κ3) is 7.98. The normalized spacial score (nSPS) is 12.3. The van der Waals surface area contributed by atoms with Gasteiger partial charge in [0.2, 0.25) is 0 Å². The Hall–Kier alpha value is -0.450. The number of hydrogen-bond donors (Lipinski definition) is 0. The Kier molecular flexibility index (Phi) is 10.1. The molecule has 0 aliphatic rings. The number of nitrogens with zero attached hydrogens (tertiary/aromatic N) is 1. The van der Waals surface area contributed by atoms with Gasteiger partial charge in [0.25, 0.3) is 0 Å². The lowest BCUT2D eigenvalue weighted by atomic mass is 10.2. The molecule has 0 aliphatic heterocycles. The molecule has 0 bridgehead atoms. The van der Waals surface area contributed by atoms with Crippen LogP contribution in [0.3, 0.4) is 0 Å². The first-order valence-corrected chi connectivity index (χ1v) is 8.33. The van der Waals surface area contributed by atoms with Crippen LogP contribution >= 0.6 is 7.82 Å². The minimum atomic E-state index is -3.54. The van der Waals surface area contributed by atoms with Gasteiger partial charge in [-0.05, 0) is 27.7 Å². The van der Waals surface area contributed by atoms with Crippen molar-refractivity contribution in [3.63, 3.8) is 0 Å². The van der Waals surface area contributed by atoms with Gasteiger partial charge in [0.15, 0.2) is 0 Å². The molecule has 5 nitrogen and oxygen atoms in total.